The Hall–Kier alpha value is -1.72. The lowest BCUT2D eigenvalue weighted by Crippen LogP contribution is -2.45. The molecule has 1 aromatic carbocycles. The molecular formula is C16H19N3OS. The minimum atomic E-state index is 0.00114. The SMILES string of the molecule is Cc1ccccc1-c1nc(C(=O)N2CCC[C@@H](N)C2)cs1. The first-order chi connectivity index (χ1) is 10.1. The van der Waals surface area contributed by atoms with Gasteiger partial charge in [0, 0.05) is 30.1 Å². The number of likely N-dealkylation sites (tertiary alicyclic amines) is 1. The van der Waals surface area contributed by atoms with Crippen LogP contribution >= 0.6 is 11.3 Å². The zero-order valence-electron chi connectivity index (χ0n) is 12.1. The van der Waals surface area contributed by atoms with Gasteiger partial charge in [0.1, 0.15) is 10.7 Å². The molecule has 1 amide bonds. The fraction of sp³-hybridized carbons (Fsp3) is 0.375. The summed E-state index contributed by atoms with van der Waals surface area (Å²) in [6.07, 6.45) is 1.97. The number of thiazole rings is 1. The number of hydrogen-bond donors (Lipinski definition) is 1. The molecule has 0 radical (unpaired) electrons. The van der Waals surface area contributed by atoms with Crippen LogP contribution in [0.1, 0.15) is 28.9 Å². The number of hydrogen-bond acceptors (Lipinski definition) is 4. The summed E-state index contributed by atoms with van der Waals surface area (Å²) in [5, 5.41) is 2.75. The van der Waals surface area contributed by atoms with Crippen molar-refractivity contribution in [2.45, 2.75) is 25.8 Å². The number of piperidine rings is 1. The van der Waals surface area contributed by atoms with Gasteiger partial charge in [0.05, 0.1) is 0 Å². The highest BCUT2D eigenvalue weighted by Crippen LogP contribution is 2.27. The molecule has 4 nitrogen and oxygen atoms in total. The normalized spacial score (nSPS) is 18.8. The molecule has 0 aliphatic carbocycles. The number of aryl methyl sites for hydroxylation is 1. The lowest BCUT2D eigenvalue weighted by molar-refractivity contribution is 0.0704. The highest BCUT2D eigenvalue weighted by molar-refractivity contribution is 7.13. The van der Waals surface area contributed by atoms with Gasteiger partial charge in [0.25, 0.3) is 5.91 Å². The van der Waals surface area contributed by atoms with Crippen molar-refractivity contribution in [2.75, 3.05) is 13.1 Å². The fourth-order valence-corrected chi connectivity index (χ4v) is 3.55. The van der Waals surface area contributed by atoms with Crippen molar-refractivity contribution in [3.8, 4) is 10.6 Å². The number of aromatic nitrogens is 1. The Morgan fingerprint density at radius 2 is 2.24 bits per heavy atom. The van der Waals surface area contributed by atoms with Crippen molar-refractivity contribution < 1.29 is 4.79 Å². The van der Waals surface area contributed by atoms with Crippen LogP contribution in [-0.4, -0.2) is 34.9 Å². The van der Waals surface area contributed by atoms with Crippen molar-refractivity contribution in [1.29, 1.82) is 0 Å². The van der Waals surface area contributed by atoms with Gasteiger partial charge in [-0.15, -0.1) is 11.3 Å². The first kappa shape index (κ1) is 14.2. The Balaban J connectivity index is 1.82. The molecule has 3 rings (SSSR count). The predicted molar refractivity (Wildman–Crippen MR) is 85.4 cm³/mol. The molecule has 1 aliphatic heterocycles. The van der Waals surface area contributed by atoms with Crippen molar-refractivity contribution in [3.63, 3.8) is 0 Å². The summed E-state index contributed by atoms with van der Waals surface area (Å²) in [4.78, 5) is 18.8. The second kappa shape index (κ2) is 5.95. The van der Waals surface area contributed by atoms with E-state index >= 15 is 0 Å². The summed E-state index contributed by atoms with van der Waals surface area (Å²) < 4.78 is 0. The molecule has 0 saturated carbocycles. The molecule has 2 aromatic rings. The zero-order valence-corrected chi connectivity index (χ0v) is 12.9. The Morgan fingerprint density at radius 1 is 1.43 bits per heavy atom. The molecule has 110 valence electrons. The topological polar surface area (TPSA) is 59.2 Å². The van der Waals surface area contributed by atoms with Crippen molar-refractivity contribution >= 4 is 17.2 Å². The molecule has 2 heterocycles. The van der Waals surface area contributed by atoms with Gasteiger partial charge in [-0.25, -0.2) is 4.98 Å². The van der Waals surface area contributed by atoms with Crippen molar-refractivity contribution in [1.82, 2.24) is 9.88 Å². The maximum absolute atomic E-state index is 12.5. The molecule has 21 heavy (non-hydrogen) atoms. The van der Waals surface area contributed by atoms with Gasteiger partial charge in [-0.3, -0.25) is 4.79 Å². The third-order valence-corrected chi connectivity index (χ3v) is 4.72. The van der Waals surface area contributed by atoms with Gasteiger partial charge >= 0.3 is 0 Å². The minimum absolute atomic E-state index is 0.00114. The van der Waals surface area contributed by atoms with Gasteiger partial charge in [-0.1, -0.05) is 24.3 Å². The fourth-order valence-electron chi connectivity index (χ4n) is 2.66. The Kier molecular flexibility index (Phi) is 4.03. The average molecular weight is 301 g/mol. The van der Waals surface area contributed by atoms with E-state index in [4.69, 9.17) is 5.73 Å². The number of amides is 1. The molecule has 5 heteroatoms. The molecule has 1 aromatic heterocycles. The van der Waals surface area contributed by atoms with E-state index in [1.54, 1.807) is 0 Å². The van der Waals surface area contributed by atoms with E-state index in [0.717, 1.165) is 30.0 Å². The standard InChI is InChI=1S/C16H19N3OS/c1-11-5-2-3-7-13(11)15-18-14(10-21-15)16(20)19-8-4-6-12(17)9-19/h2-3,5,7,10,12H,4,6,8-9,17H2,1H3/t12-/m1/s1. The van der Waals surface area contributed by atoms with Crippen LogP contribution < -0.4 is 5.73 Å². The number of carbonyl (C=O) groups is 1. The average Bonchev–Trinajstić information content (AvgIpc) is 2.96. The highest BCUT2D eigenvalue weighted by atomic mass is 32.1. The van der Waals surface area contributed by atoms with Crippen LogP contribution in [0.3, 0.4) is 0 Å². The molecule has 1 saturated heterocycles. The third kappa shape index (κ3) is 2.99. The summed E-state index contributed by atoms with van der Waals surface area (Å²) in [6.45, 7) is 3.47. The molecule has 2 N–H and O–H groups in total. The molecule has 1 fully saturated rings. The third-order valence-electron chi connectivity index (χ3n) is 3.84. The first-order valence-corrected chi connectivity index (χ1v) is 8.09. The minimum Gasteiger partial charge on any atom is -0.336 e. The number of carbonyl (C=O) groups excluding carboxylic acids is 1. The molecule has 0 spiro atoms. The molecule has 1 atom stereocenters. The number of nitrogens with zero attached hydrogens (tertiary/aromatic N) is 2. The van der Waals surface area contributed by atoms with E-state index in [9.17, 15) is 4.79 Å². The van der Waals surface area contributed by atoms with E-state index in [1.165, 1.54) is 16.9 Å². The van der Waals surface area contributed by atoms with Crippen LogP contribution in [0.5, 0.6) is 0 Å². The van der Waals surface area contributed by atoms with Gasteiger partial charge in [-0.05, 0) is 25.3 Å². The monoisotopic (exact) mass is 301 g/mol. The second-order valence-corrected chi connectivity index (χ2v) is 6.36. The molecule has 0 unspecified atom stereocenters. The maximum Gasteiger partial charge on any atom is 0.273 e. The van der Waals surface area contributed by atoms with Crippen molar-refractivity contribution in [2.24, 2.45) is 5.73 Å². The summed E-state index contributed by atoms with van der Waals surface area (Å²) in [5.41, 5.74) is 8.75. The quantitative estimate of drug-likeness (QED) is 0.927. The predicted octanol–water partition coefficient (Wildman–Crippen LogP) is 2.68. The lowest BCUT2D eigenvalue weighted by atomic mass is 10.1. The van der Waals surface area contributed by atoms with Gasteiger partial charge in [-0.2, -0.15) is 0 Å². The van der Waals surface area contributed by atoms with E-state index < -0.39 is 0 Å². The molecule has 0 bridgehead atoms. The van der Waals surface area contributed by atoms with Crippen LogP contribution in [0.25, 0.3) is 10.6 Å². The van der Waals surface area contributed by atoms with E-state index in [-0.39, 0.29) is 11.9 Å². The highest BCUT2D eigenvalue weighted by Gasteiger charge is 2.24. The Bertz CT molecular complexity index is 652. The molecule has 1 aliphatic rings. The van der Waals surface area contributed by atoms with Crippen LogP contribution in [0.15, 0.2) is 29.6 Å². The van der Waals surface area contributed by atoms with Gasteiger partial charge in [0.2, 0.25) is 0 Å². The molecular weight excluding hydrogens is 282 g/mol. The Labute approximate surface area is 128 Å². The van der Waals surface area contributed by atoms with Gasteiger partial charge < -0.3 is 10.6 Å². The first-order valence-electron chi connectivity index (χ1n) is 7.21. The number of rotatable bonds is 2. The smallest absolute Gasteiger partial charge is 0.273 e. The van der Waals surface area contributed by atoms with Crippen LogP contribution in [-0.2, 0) is 0 Å². The number of nitrogens with two attached hydrogens (primary N) is 1. The van der Waals surface area contributed by atoms with Gasteiger partial charge in [0.15, 0.2) is 0 Å². The summed E-state index contributed by atoms with van der Waals surface area (Å²) in [5.74, 6) is 0.00114. The zero-order chi connectivity index (χ0) is 14.8. The number of benzene rings is 1. The van der Waals surface area contributed by atoms with E-state index in [0.29, 0.717) is 12.2 Å². The van der Waals surface area contributed by atoms with E-state index in [2.05, 4.69) is 18.0 Å². The van der Waals surface area contributed by atoms with Crippen LogP contribution in [0.4, 0.5) is 0 Å². The van der Waals surface area contributed by atoms with Crippen molar-refractivity contribution in [3.05, 3.63) is 40.9 Å². The Morgan fingerprint density at radius 3 is 3.00 bits per heavy atom. The second-order valence-electron chi connectivity index (χ2n) is 5.51. The lowest BCUT2D eigenvalue weighted by Gasteiger charge is -2.30. The van der Waals surface area contributed by atoms with Crippen LogP contribution in [0, 0.1) is 6.92 Å². The summed E-state index contributed by atoms with van der Waals surface area (Å²) in [6, 6.07) is 8.20. The summed E-state index contributed by atoms with van der Waals surface area (Å²) in [7, 11) is 0. The largest absolute Gasteiger partial charge is 0.336 e. The maximum atomic E-state index is 12.5. The van der Waals surface area contributed by atoms with E-state index in [1.807, 2.05) is 28.5 Å². The van der Waals surface area contributed by atoms with Crippen LogP contribution in [0.2, 0.25) is 0 Å². The summed E-state index contributed by atoms with van der Waals surface area (Å²) >= 11 is 1.52.